The van der Waals surface area contributed by atoms with Crippen molar-refractivity contribution in [3.05, 3.63) is 76.6 Å². The normalized spacial score (nSPS) is 12.2. The van der Waals surface area contributed by atoms with E-state index in [1.807, 2.05) is 12.4 Å². The van der Waals surface area contributed by atoms with Gasteiger partial charge in [-0.05, 0) is 80.3 Å². The van der Waals surface area contributed by atoms with Gasteiger partial charge in [-0.15, -0.1) is 0 Å². The second-order valence-electron chi connectivity index (χ2n) is 12.3. The van der Waals surface area contributed by atoms with Crippen molar-refractivity contribution in [2.75, 3.05) is 0 Å². The molecule has 0 fully saturated rings. The van der Waals surface area contributed by atoms with Crippen molar-refractivity contribution < 1.29 is 19.5 Å². The summed E-state index contributed by atoms with van der Waals surface area (Å²) in [6, 6.07) is 10.9. The molecule has 7 heteroatoms. The molecule has 0 spiro atoms. The smallest absolute Gasteiger partial charge is 0.143 e. The molecule has 0 saturated heterocycles. The van der Waals surface area contributed by atoms with Crippen LogP contribution in [-0.2, 0) is 39.4 Å². The molecule has 6 heterocycles. The van der Waals surface area contributed by atoms with E-state index in [9.17, 15) is 0 Å². The minimum absolute atomic E-state index is 0. The van der Waals surface area contributed by atoms with E-state index in [2.05, 4.69) is 90.1 Å². The molecule has 2 N–H and O–H groups in total. The molecule has 0 amide bonds. The summed E-state index contributed by atoms with van der Waals surface area (Å²) in [6.07, 6.45) is 26.9. The van der Waals surface area contributed by atoms with Crippen molar-refractivity contribution in [3.8, 4) is 11.4 Å². The first-order valence-corrected chi connectivity index (χ1v) is 16.7. The predicted molar refractivity (Wildman–Crippen MR) is 186 cm³/mol. The topological polar surface area (TPSA) is 75.2 Å². The summed E-state index contributed by atoms with van der Waals surface area (Å²) >= 11 is 0. The van der Waals surface area contributed by atoms with Crippen molar-refractivity contribution in [2.24, 2.45) is 7.05 Å². The van der Waals surface area contributed by atoms with Gasteiger partial charge >= 0.3 is 0 Å². The molecule has 2 aliphatic rings. The second kappa shape index (κ2) is 15.6. The standard InChI is InChI=1S/C38H46N6.Zn/c1-4-6-8-10-12-14-29-31-18-16-27(40-31)26-28-17-19-32(41-28)30(15-13-11-9-7-5-2)34-21-23-36(43-34)37(35-22-20-33(29)42-35)38-39-24-25-44(38)3;/h16-26,40,43H,4-15H2,1-3H3;. The number of hydrogen-bond donors (Lipinski definition) is 2. The Morgan fingerprint density at radius 3 is 1.93 bits per heavy atom. The Bertz CT molecular complexity index is 1810. The van der Waals surface area contributed by atoms with Crippen LogP contribution < -0.4 is 0 Å². The molecule has 0 aliphatic carbocycles. The Labute approximate surface area is 280 Å². The van der Waals surface area contributed by atoms with Crippen LogP contribution in [0.25, 0.3) is 57.8 Å². The van der Waals surface area contributed by atoms with Crippen LogP contribution in [0.5, 0.6) is 0 Å². The summed E-state index contributed by atoms with van der Waals surface area (Å²) in [6.45, 7) is 4.54. The fraction of sp³-hybridized carbons (Fsp3) is 0.395. The predicted octanol–water partition coefficient (Wildman–Crippen LogP) is 10.1. The van der Waals surface area contributed by atoms with Gasteiger partial charge < -0.3 is 14.5 Å². The van der Waals surface area contributed by atoms with E-state index in [1.165, 1.54) is 62.5 Å². The number of imidazole rings is 1. The number of hydrogen-bond acceptors (Lipinski definition) is 3. The number of aryl methyl sites for hydroxylation is 3. The van der Waals surface area contributed by atoms with E-state index >= 15 is 0 Å². The number of aromatic nitrogens is 6. The molecule has 4 aromatic heterocycles. The largest absolute Gasteiger partial charge is 0.355 e. The maximum atomic E-state index is 5.29. The summed E-state index contributed by atoms with van der Waals surface area (Å²) in [4.78, 5) is 22.7. The van der Waals surface area contributed by atoms with Crippen molar-refractivity contribution in [2.45, 2.75) is 90.9 Å². The van der Waals surface area contributed by atoms with Crippen molar-refractivity contribution in [3.63, 3.8) is 0 Å². The average Bonchev–Trinajstić information content (AvgIpc) is 3.86. The van der Waals surface area contributed by atoms with Gasteiger partial charge in [-0.3, -0.25) is 0 Å². The van der Waals surface area contributed by atoms with E-state index in [4.69, 9.17) is 15.0 Å². The Kier molecular flexibility index (Phi) is 11.4. The first-order valence-electron chi connectivity index (χ1n) is 16.7. The van der Waals surface area contributed by atoms with Crippen LogP contribution in [0.4, 0.5) is 0 Å². The van der Waals surface area contributed by atoms with E-state index in [-0.39, 0.29) is 19.5 Å². The van der Waals surface area contributed by atoms with Gasteiger partial charge in [-0.2, -0.15) is 0 Å². The zero-order chi connectivity index (χ0) is 30.3. The van der Waals surface area contributed by atoms with Gasteiger partial charge in [0.1, 0.15) is 5.82 Å². The summed E-state index contributed by atoms with van der Waals surface area (Å²) in [5.41, 5.74) is 11.9. The fourth-order valence-corrected chi connectivity index (χ4v) is 6.44. The fourth-order valence-electron chi connectivity index (χ4n) is 6.44. The monoisotopic (exact) mass is 650 g/mol. The minimum atomic E-state index is 0. The van der Waals surface area contributed by atoms with E-state index in [0.717, 1.165) is 81.9 Å². The van der Waals surface area contributed by atoms with E-state index < -0.39 is 0 Å². The Morgan fingerprint density at radius 1 is 0.644 bits per heavy atom. The molecule has 0 radical (unpaired) electrons. The number of rotatable bonds is 13. The molecule has 0 saturated carbocycles. The molecule has 0 unspecified atom stereocenters. The maximum absolute atomic E-state index is 5.29. The van der Waals surface area contributed by atoms with Gasteiger partial charge in [-0.1, -0.05) is 65.2 Å². The summed E-state index contributed by atoms with van der Waals surface area (Å²) in [5, 5.41) is 0. The molecule has 4 aromatic rings. The third-order valence-electron chi connectivity index (χ3n) is 8.90. The first kappa shape index (κ1) is 32.8. The van der Waals surface area contributed by atoms with Gasteiger partial charge in [0, 0.05) is 66.6 Å². The SMILES string of the molecule is CCCCCCCc1c2nc(c(-c3nccn3C)c3ccc([nH]3)c(CCCCCCC)c3nc(cc4ccc1[nH]4)C=C3)C=C2.[Zn]. The van der Waals surface area contributed by atoms with E-state index in [0.29, 0.717) is 0 Å². The molecule has 0 atom stereocenters. The average molecular weight is 652 g/mol. The van der Waals surface area contributed by atoms with Gasteiger partial charge in [0.25, 0.3) is 0 Å². The molecule has 8 bridgehead atoms. The van der Waals surface area contributed by atoms with Crippen LogP contribution in [0.2, 0.25) is 0 Å². The van der Waals surface area contributed by atoms with Crippen LogP contribution in [0.3, 0.4) is 0 Å². The van der Waals surface area contributed by atoms with E-state index in [1.54, 1.807) is 0 Å². The third kappa shape index (κ3) is 7.64. The van der Waals surface area contributed by atoms with Gasteiger partial charge in [0.2, 0.25) is 0 Å². The maximum Gasteiger partial charge on any atom is 0.143 e. The van der Waals surface area contributed by atoms with Crippen LogP contribution in [-0.4, -0.2) is 29.5 Å². The summed E-state index contributed by atoms with van der Waals surface area (Å²) < 4.78 is 2.08. The van der Waals surface area contributed by atoms with Crippen LogP contribution in [0.15, 0.2) is 42.7 Å². The number of nitrogens with one attached hydrogen (secondary N) is 2. The van der Waals surface area contributed by atoms with Crippen molar-refractivity contribution >= 4 is 46.4 Å². The second-order valence-corrected chi connectivity index (χ2v) is 12.3. The molecule has 2 aliphatic heterocycles. The summed E-state index contributed by atoms with van der Waals surface area (Å²) in [5.74, 6) is 0.900. The van der Waals surface area contributed by atoms with Crippen LogP contribution in [0.1, 0.15) is 112 Å². The number of unbranched alkanes of at least 4 members (excludes halogenated alkanes) is 8. The molecule has 6 rings (SSSR count). The van der Waals surface area contributed by atoms with Gasteiger partial charge in [-0.25, -0.2) is 15.0 Å². The molecule has 230 valence electrons. The first-order chi connectivity index (χ1) is 21.6. The van der Waals surface area contributed by atoms with Gasteiger partial charge in [0.15, 0.2) is 0 Å². The quantitative estimate of drug-likeness (QED) is 0.0964. The summed E-state index contributed by atoms with van der Waals surface area (Å²) in [7, 11) is 2.05. The van der Waals surface area contributed by atoms with Crippen LogP contribution in [0, 0.1) is 0 Å². The third-order valence-corrected chi connectivity index (χ3v) is 8.90. The zero-order valence-corrected chi connectivity index (χ0v) is 30.3. The zero-order valence-electron chi connectivity index (χ0n) is 27.3. The molecular formula is C38H46N6Zn. The minimum Gasteiger partial charge on any atom is -0.355 e. The number of aromatic amines is 2. The molecule has 0 aromatic carbocycles. The molecular weight excluding hydrogens is 606 g/mol. The molecule has 45 heavy (non-hydrogen) atoms. The Hall–Kier alpha value is -3.57. The van der Waals surface area contributed by atoms with Crippen LogP contribution >= 0.6 is 0 Å². The van der Waals surface area contributed by atoms with Gasteiger partial charge in [0.05, 0.1) is 33.9 Å². The Balaban J connectivity index is 0.00000400. The van der Waals surface area contributed by atoms with Crippen molar-refractivity contribution in [1.29, 1.82) is 0 Å². The number of nitrogens with zero attached hydrogens (tertiary/aromatic N) is 4. The number of H-pyrrole nitrogens is 2. The number of fused-ring (bicyclic) bond motifs is 8. The Morgan fingerprint density at radius 2 is 1.24 bits per heavy atom. The van der Waals surface area contributed by atoms with Crippen molar-refractivity contribution in [1.82, 2.24) is 29.5 Å². The molecule has 6 nitrogen and oxygen atoms in total.